The van der Waals surface area contributed by atoms with Crippen LogP contribution in [0.25, 0.3) is 5.57 Å². The van der Waals surface area contributed by atoms with E-state index in [1.807, 2.05) is 42.5 Å². The molecule has 1 heterocycles. The average Bonchev–Trinajstić information content (AvgIpc) is 2.69. The molecule has 0 aromatic heterocycles. The summed E-state index contributed by atoms with van der Waals surface area (Å²) in [4.78, 5) is 11.1. The van der Waals surface area contributed by atoms with Crippen LogP contribution in [0.2, 0.25) is 0 Å². The smallest absolute Gasteiger partial charge is 0.248 e. The van der Waals surface area contributed by atoms with Crippen molar-refractivity contribution in [2.24, 2.45) is 10.8 Å². The van der Waals surface area contributed by atoms with Crippen LogP contribution >= 0.6 is 0 Å². The summed E-state index contributed by atoms with van der Waals surface area (Å²) in [6.07, 6.45) is 3.66. The molecule has 0 saturated heterocycles. The van der Waals surface area contributed by atoms with Crippen molar-refractivity contribution < 1.29 is 4.79 Å². The van der Waals surface area contributed by atoms with Crippen molar-refractivity contribution >= 4 is 23.4 Å². The molecule has 1 amide bonds. The van der Waals surface area contributed by atoms with Crippen molar-refractivity contribution in [3.63, 3.8) is 0 Å². The van der Waals surface area contributed by atoms with Gasteiger partial charge in [-0.25, -0.2) is 0 Å². The highest BCUT2D eigenvalue weighted by Crippen LogP contribution is 2.30. The lowest BCUT2D eigenvalue weighted by Crippen LogP contribution is -2.10. The van der Waals surface area contributed by atoms with E-state index in [1.54, 1.807) is 18.3 Å². The van der Waals surface area contributed by atoms with Gasteiger partial charge in [0, 0.05) is 17.3 Å². The summed E-state index contributed by atoms with van der Waals surface area (Å²) in [7, 11) is 0. The molecule has 20 heavy (non-hydrogen) atoms. The van der Waals surface area contributed by atoms with Crippen LogP contribution in [-0.4, -0.2) is 12.1 Å². The van der Waals surface area contributed by atoms with Crippen LogP contribution in [0.1, 0.15) is 21.5 Å². The number of nitrogens with two attached hydrogens (primary N) is 1. The Bertz CT molecular complexity index is 715. The number of nitrogens with zero attached hydrogens (tertiary/aromatic N) is 1. The third-order valence-electron chi connectivity index (χ3n) is 3.20. The number of para-hydroxylation sites is 1. The van der Waals surface area contributed by atoms with Gasteiger partial charge in [-0.15, -0.1) is 0 Å². The topological polar surface area (TPSA) is 67.5 Å². The van der Waals surface area contributed by atoms with E-state index in [0.717, 1.165) is 22.4 Å². The van der Waals surface area contributed by atoms with Crippen LogP contribution in [0.4, 0.5) is 5.69 Å². The van der Waals surface area contributed by atoms with E-state index in [1.165, 1.54) is 0 Å². The van der Waals surface area contributed by atoms with Gasteiger partial charge < -0.3 is 5.73 Å². The van der Waals surface area contributed by atoms with Gasteiger partial charge in [0.05, 0.1) is 5.69 Å². The Labute approximate surface area is 116 Å². The second kappa shape index (κ2) is 5.01. The van der Waals surface area contributed by atoms with Crippen LogP contribution in [-0.2, 0) is 0 Å². The SMILES string of the molecule is NC(=O)c1ccc(C2=CC=NNc3ccccc32)cc1. The molecule has 0 saturated carbocycles. The number of hydrazone groups is 1. The molecule has 98 valence electrons. The fourth-order valence-corrected chi connectivity index (χ4v) is 2.19. The summed E-state index contributed by atoms with van der Waals surface area (Å²) < 4.78 is 0. The standard InChI is InChI=1S/C16H13N3O/c17-16(20)12-7-5-11(6-8-12)13-9-10-18-19-15-4-2-1-3-14(13)15/h1-10,19H,(H2,17,20). The van der Waals surface area contributed by atoms with Gasteiger partial charge in [-0.3, -0.25) is 10.2 Å². The number of allylic oxidation sites excluding steroid dienone is 1. The Morgan fingerprint density at radius 3 is 2.55 bits per heavy atom. The third-order valence-corrected chi connectivity index (χ3v) is 3.20. The lowest BCUT2D eigenvalue weighted by molar-refractivity contribution is 0.100. The number of amides is 1. The van der Waals surface area contributed by atoms with E-state index >= 15 is 0 Å². The van der Waals surface area contributed by atoms with E-state index in [2.05, 4.69) is 10.5 Å². The Hall–Kier alpha value is -2.88. The van der Waals surface area contributed by atoms with E-state index < -0.39 is 5.91 Å². The van der Waals surface area contributed by atoms with Gasteiger partial charge in [-0.1, -0.05) is 30.3 Å². The molecule has 3 N–H and O–H groups in total. The second-order valence-corrected chi connectivity index (χ2v) is 4.46. The molecule has 0 fully saturated rings. The van der Waals surface area contributed by atoms with Gasteiger partial charge in [0.1, 0.15) is 0 Å². The molecule has 2 aromatic carbocycles. The Morgan fingerprint density at radius 2 is 1.80 bits per heavy atom. The molecule has 2 aromatic rings. The molecule has 1 aliphatic rings. The minimum absolute atomic E-state index is 0.421. The molecule has 1 aliphatic heterocycles. The summed E-state index contributed by atoms with van der Waals surface area (Å²) in [5, 5.41) is 4.11. The third kappa shape index (κ3) is 2.19. The van der Waals surface area contributed by atoms with Gasteiger partial charge in [0.2, 0.25) is 5.91 Å². The van der Waals surface area contributed by atoms with Crippen LogP contribution in [0.5, 0.6) is 0 Å². The van der Waals surface area contributed by atoms with Gasteiger partial charge in [0.25, 0.3) is 0 Å². The molecular weight excluding hydrogens is 250 g/mol. The molecule has 0 radical (unpaired) electrons. The van der Waals surface area contributed by atoms with Crippen LogP contribution in [0, 0.1) is 0 Å². The number of carbonyl (C=O) groups is 1. The summed E-state index contributed by atoms with van der Waals surface area (Å²) >= 11 is 0. The van der Waals surface area contributed by atoms with Crippen LogP contribution in [0.3, 0.4) is 0 Å². The quantitative estimate of drug-likeness (QED) is 0.874. The fourth-order valence-electron chi connectivity index (χ4n) is 2.19. The highest BCUT2D eigenvalue weighted by Gasteiger charge is 2.11. The number of benzene rings is 2. The monoisotopic (exact) mass is 263 g/mol. The zero-order valence-corrected chi connectivity index (χ0v) is 10.7. The molecule has 4 heteroatoms. The van der Waals surface area contributed by atoms with Gasteiger partial charge in [0.15, 0.2) is 0 Å². The number of carbonyl (C=O) groups excluding carboxylic acids is 1. The molecule has 3 rings (SSSR count). The van der Waals surface area contributed by atoms with Gasteiger partial charge in [-0.2, -0.15) is 5.10 Å². The highest BCUT2D eigenvalue weighted by molar-refractivity contribution is 5.97. The maximum absolute atomic E-state index is 11.1. The van der Waals surface area contributed by atoms with E-state index in [-0.39, 0.29) is 0 Å². The minimum atomic E-state index is -0.421. The first-order valence-corrected chi connectivity index (χ1v) is 6.25. The molecule has 0 atom stereocenters. The summed E-state index contributed by atoms with van der Waals surface area (Å²) in [5.74, 6) is -0.421. The number of primary amides is 1. The zero-order valence-electron chi connectivity index (χ0n) is 10.7. The predicted molar refractivity (Wildman–Crippen MR) is 80.6 cm³/mol. The largest absolute Gasteiger partial charge is 0.366 e. The van der Waals surface area contributed by atoms with Gasteiger partial charge >= 0.3 is 0 Å². The van der Waals surface area contributed by atoms with Crippen molar-refractivity contribution in [3.8, 4) is 0 Å². The first-order chi connectivity index (χ1) is 9.75. The fraction of sp³-hybridized carbons (Fsp3) is 0. The van der Waals surface area contributed by atoms with E-state index in [4.69, 9.17) is 5.73 Å². The van der Waals surface area contributed by atoms with E-state index in [0.29, 0.717) is 5.56 Å². The van der Waals surface area contributed by atoms with E-state index in [9.17, 15) is 4.79 Å². The average molecular weight is 263 g/mol. The minimum Gasteiger partial charge on any atom is -0.366 e. The Balaban J connectivity index is 2.07. The maximum Gasteiger partial charge on any atom is 0.248 e. The highest BCUT2D eigenvalue weighted by atomic mass is 16.1. The number of fused-ring (bicyclic) bond motifs is 1. The molecule has 0 bridgehead atoms. The lowest BCUT2D eigenvalue weighted by Gasteiger charge is -2.11. The molecular formula is C16H13N3O. The molecule has 0 aliphatic carbocycles. The first-order valence-electron chi connectivity index (χ1n) is 6.25. The van der Waals surface area contributed by atoms with Crippen molar-refractivity contribution in [1.29, 1.82) is 0 Å². The molecule has 4 nitrogen and oxygen atoms in total. The number of hydrogen-bond donors (Lipinski definition) is 2. The van der Waals surface area contributed by atoms with Crippen LogP contribution in [0.15, 0.2) is 59.7 Å². The van der Waals surface area contributed by atoms with Crippen LogP contribution < -0.4 is 11.2 Å². The van der Waals surface area contributed by atoms with Crippen molar-refractivity contribution in [3.05, 3.63) is 71.3 Å². The van der Waals surface area contributed by atoms with Crippen molar-refractivity contribution in [2.75, 3.05) is 5.43 Å². The summed E-state index contributed by atoms with van der Waals surface area (Å²) in [5.41, 5.74) is 12.8. The number of nitrogens with one attached hydrogen (secondary N) is 1. The summed E-state index contributed by atoms with van der Waals surface area (Å²) in [6, 6.07) is 15.2. The normalized spacial score (nSPS) is 12.9. The first kappa shape index (κ1) is 12.2. The number of rotatable bonds is 2. The van der Waals surface area contributed by atoms with Crippen molar-refractivity contribution in [2.45, 2.75) is 0 Å². The molecule has 0 unspecified atom stereocenters. The number of anilines is 1. The molecule has 0 spiro atoms. The second-order valence-electron chi connectivity index (χ2n) is 4.46. The lowest BCUT2D eigenvalue weighted by atomic mass is 9.95. The Kier molecular flexibility index (Phi) is 3.05. The summed E-state index contributed by atoms with van der Waals surface area (Å²) in [6.45, 7) is 0. The van der Waals surface area contributed by atoms with Gasteiger partial charge in [-0.05, 0) is 35.4 Å². The zero-order chi connectivity index (χ0) is 13.9. The Morgan fingerprint density at radius 1 is 1.05 bits per heavy atom. The predicted octanol–water partition coefficient (Wildman–Crippen LogP) is 2.63. The number of hydrogen-bond acceptors (Lipinski definition) is 3. The maximum atomic E-state index is 11.1. The van der Waals surface area contributed by atoms with Crippen molar-refractivity contribution in [1.82, 2.24) is 0 Å².